The van der Waals surface area contributed by atoms with E-state index in [-0.39, 0.29) is 0 Å². The van der Waals surface area contributed by atoms with Crippen LogP contribution in [0.3, 0.4) is 0 Å². The van der Waals surface area contributed by atoms with Crippen molar-refractivity contribution in [3.05, 3.63) is 87.2 Å². The molecule has 24 heavy (non-hydrogen) atoms. The SMILES string of the molecule is Cc1ccc([S+](c2ccc(I)cc2)c2cc(F)c(F)c(F)c2)cc1. The van der Waals surface area contributed by atoms with Gasteiger partial charge in [0, 0.05) is 15.7 Å². The number of halogens is 4. The molecule has 0 saturated carbocycles. The van der Waals surface area contributed by atoms with Crippen molar-refractivity contribution < 1.29 is 13.2 Å². The number of rotatable bonds is 3. The molecule has 0 aromatic heterocycles. The third-order valence-corrected chi connectivity index (χ3v) is 6.41. The molecule has 0 heterocycles. The van der Waals surface area contributed by atoms with E-state index in [0.717, 1.165) is 31.1 Å². The molecule has 0 nitrogen and oxygen atoms in total. The second kappa shape index (κ2) is 7.19. The molecule has 5 heteroatoms. The Hall–Kier alpha value is -1.47. The smallest absolute Gasteiger partial charge is 0.194 e. The van der Waals surface area contributed by atoms with Crippen molar-refractivity contribution in [1.82, 2.24) is 0 Å². The minimum absolute atomic E-state index is 0.413. The third-order valence-electron chi connectivity index (χ3n) is 3.50. The summed E-state index contributed by atoms with van der Waals surface area (Å²) in [5.74, 6) is -3.77. The zero-order valence-electron chi connectivity index (χ0n) is 12.7. The summed E-state index contributed by atoms with van der Waals surface area (Å²) in [4.78, 5) is 2.26. The topological polar surface area (TPSA) is 0 Å². The van der Waals surface area contributed by atoms with Gasteiger partial charge in [0.1, 0.15) is 0 Å². The first-order valence-electron chi connectivity index (χ1n) is 7.17. The predicted octanol–water partition coefficient (Wildman–Crippen LogP) is 6.11. The Morgan fingerprint density at radius 2 is 1.17 bits per heavy atom. The molecule has 0 aliphatic heterocycles. The van der Waals surface area contributed by atoms with Crippen molar-refractivity contribution >= 4 is 33.5 Å². The molecule has 1 unspecified atom stereocenters. The largest absolute Gasteiger partial charge is 0.203 e. The molecule has 0 saturated heterocycles. The Bertz CT molecular complexity index is 792. The average Bonchev–Trinajstić information content (AvgIpc) is 2.56. The van der Waals surface area contributed by atoms with Crippen LogP contribution in [0, 0.1) is 27.9 Å². The van der Waals surface area contributed by atoms with E-state index in [9.17, 15) is 13.2 Å². The van der Waals surface area contributed by atoms with Crippen molar-refractivity contribution in [3.63, 3.8) is 0 Å². The van der Waals surface area contributed by atoms with E-state index in [1.54, 1.807) is 0 Å². The highest BCUT2D eigenvalue weighted by molar-refractivity contribution is 14.1. The van der Waals surface area contributed by atoms with Crippen molar-refractivity contribution in [3.8, 4) is 0 Å². The lowest BCUT2D eigenvalue weighted by atomic mass is 10.2. The van der Waals surface area contributed by atoms with Crippen molar-refractivity contribution in [2.45, 2.75) is 21.6 Å². The average molecular weight is 457 g/mol. The van der Waals surface area contributed by atoms with Gasteiger partial charge in [-0.05, 0) is 65.9 Å². The normalized spacial score (nSPS) is 12.2. The second-order valence-corrected chi connectivity index (χ2v) is 8.55. The lowest BCUT2D eigenvalue weighted by Gasteiger charge is -2.09. The fourth-order valence-electron chi connectivity index (χ4n) is 2.30. The fraction of sp³-hybridized carbons (Fsp3) is 0.0526. The Balaban J connectivity index is 2.18. The molecule has 0 radical (unpaired) electrons. The Morgan fingerprint density at radius 1 is 0.708 bits per heavy atom. The lowest BCUT2D eigenvalue weighted by Crippen LogP contribution is -2.07. The summed E-state index contributed by atoms with van der Waals surface area (Å²) in [6.07, 6.45) is 0. The molecular weight excluding hydrogens is 444 g/mol. The van der Waals surface area contributed by atoms with Gasteiger partial charge < -0.3 is 0 Å². The summed E-state index contributed by atoms with van der Waals surface area (Å²) in [6, 6.07) is 17.7. The van der Waals surface area contributed by atoms with E-state index in [4.69, 9.17) is 0 Å². The maximum absolute atomic E-state index is 13.7. The third kappa shape index (κ3) is 3.62. The Labute approximate surface area is 155 Å². The standard InChI is InChI=1S/C19H13F3IS/c1-12-2-6-14(7-3-12)24(15-8-4-13(23)5-9-15)16-10-17(20)19(22)18(21)11-16/h2-11H,1H3/q+1. The van der Waals surface area contributed by atoms with Crippen LogP contribution in [-0.4, -0.2) is 0 Å². The van der Waals surface area contributed by atoms with Gasteiger partial charge in [-0.2, -0.15) is 0 Å². The first-order valence-corrected chi connectivity index (χ1v) is 9.47. The molecule has 0 N–H and O–H groups in total. The highest BCUT2D eigenvalue weighted by Gasteiger charge is 2.31. The second-order valence-electron chi connectivity index (χ2n) is 5.27. The van der Waals surface area contributed by atoms with E-state index < -0.39 is 28.3 Å². The van der Waals surface area contributed by atoms with Crippen molar-refractivity contribution in [2.75, 3.05) is 0 Å². The lowest BCUT2D eigenvalue weighted by molar-refractivity contribution is 0.443. The molecule has 0 aliphatic carbocycles. The summed E-state index contributed by atoms with van der Waals surface area (Å²) in [5.41, 5.74) is 1.10. The van der Waals surface area contributed by atoms with E-state index in [2.05, 4.69) is 22.6 Å². The zero-order chi connectivity index (χ0) is 17.3. The molecule has 3 aromatic carbocycles. The van der Waals surface area contributed by atoms with Crippen LogP contribution < -0.4 is 0 Å². The van der Waals surface area contributed by atoms with Gasteiger partial charge in [-0.3, -0.25) is 0 Å². The van der Waals surface area contributed by atoms with E-state index in [0.29, 0.717) is 4.90 Å². The number of benzene rings is 3. The van der Waals surface area contributed by atoms with Gasteiger partial charge in [0.15, 0.2) is 32.1 Å². The van der Waals surface area contributed by atoms with Crippen LogP contribution in [0.15, 0.2) is 75.4 Å². The molecule has 3 aromatic rings. The molecule has 122 valence electrons. The van der Waals surface area contributed by atoms with Gasteiger partial charge in [-0.15, -0.1) is 0 Å². The summed E-state index contributed by atoms with van der Waals surface area (Å²) in [5, 5.41) is 0. The molecule has 0 fully saturated rings. The van der Waals surface area contributed by atoms with Crippen LogP contribution >= 0.6 is 22.6 Å². The van der Waals surface area contributed by atoms with Gasteiger partial charge in [0.05, 0.1) is 10.9 Å². The van der Waals surface area contributed by atoms with Gasteiger partial charge in [-0.25, -0.2) is 13.2 Å². The maximum atomic E-state index is 13.7. The van der Waals surface area contributed by atoms with Crippen molar-refractivity contribution in [2.24, 2.45) is 0 Å². The minimum Gasteiger partial charge on any atom is -0.203 e. The van der Waals surface area contributed by atoms with Crippen LogP contribution in [0.5, 0.6) is 0 Å². The zero-order valence-corrected chi connectivity index (χ0v) is 15.7. The van der Waals surface area contributed by atoms with Crippen LogP contribution in [0.2, 0.25) is 0 Å². The summed E-state index contributed by atoms with van der Waals surface area (Å²) in [6.45, 7) is 1.98. The molecule has 0 aliphatic rings. The molecule has 1 atom stereocenters. The van der Waals surface area contributed by atoms with E-state index in [1.807, 2.05) is 55.5 Å². The van der Waals surface area contributed by atoms with E-state index >= 15 is 0 Å². The molecular formula is C19H13F3IS+. The van der Waals surface area contributed by atoms with Crippen LogP contribution in [0.4, 0.5) is 13.2 Å². The molecule has 0 bridgehead atoms. The number of hydrogen-bond donors (Lipinski definition) is 0. The molecule has 0 amide bonds. The summed E-state index contributed by atoms with van der Waals surface area (Å²) < 4.78 is 41.9. The maximum Gasteiger partial charge on any atom is 0.194 e. The van der Waals surface area contributed by atoms with Crippen molar-refractivity contribution in [1.29, 1.82) is 0 Å². The highest BCUT2D eigenvalue weighted by atomic mass is 127. The number of aryl methyl sites for hydroxylation is 1. The predicted molar refractivity (Wildman–Crippen MR) is 98.8 cm³/mol. The van der Waals surface area contributed by atoms with Crippen LogP contribution in [-0.2, 0) is 10.9 Å². The van der Waals surface area contributed by atoms with Gasteiger partial charge in [-0.1, -0.05) is 17.7 Å². The monoisotopic (exact) mass is 457 g/mol. The van der Waals surface area contributed by atoms with Crippen LogP contribution in [0.1, 0.15) is 5.56 Å². The first-order chi connectivity index (χ1) is 11.5. The van der Waals surface area contributed by atoms with E-state index in [1.165, 1.54) is 0 Å². The quantitative estimate of drug-likeness (QED) is 0.253. The van der Waals surface area contributed by atoms with Gasteiger partial charge >= 0.3 is 0 Å². The fourth-order valence-corrected chi connectivity index (χ4v) is 4.74. The molecule has 0 spiro atoms. The van der Waals surface area contributed by atoms with Gasteiger partial charge in [0.25, 0.3) is 0 Å². The minimum atomic E-state index is -1.44. The van der Waals surface area contributed by atoms with Crippen LogP contribution in [0.25, 0.3) is 0 Å². The molecule has 3 rings (SSSR count). The number of hydrogen-bond acceptors (Lipinski definition) is 0. The Kier molecular flexibility index (Phi) is 5.20. The van der Waals surface area contributed by atoms with Gasteiger partial charge in [0.2, 0.25) is 0 Å². The summed E-state index contributed by atoms with van der Waals surface area (Å²) >= 11 is 2.20. The first kappa shape index (κ1) is 17.4. The summed E-state index contributed by atoms with van der Waals surface area (Å²) in [7, 11) is -0.710. The highest BCUT2D eigenvalue weighted by Crippen LogP contribution is 2.33. The Morgan fingerprint density at radius 3 is 1.67 bits per heavy atom.